The Morgan fingerprint density at radius 3 is 2.53 bits per heavy atom. The Balaban J connectivity index is 1.50. The van der Waals surface area contributed by atoms with E-state index in [0.717, 1.165) is 16.4 Å². The number of rotatable bonds is 3. The van der Waals surface area contributed by atoms with Crippen LogP contribution in [0.3, 0.4) is 0 Å². The lowest BCUT2D eigenvalue weighted by molar-refractivity contribution is -0.134. The van der Waals surface area contributed by atoms with Crippen molar-refractivity contribution in [3.05, 3.63) is 107 Å². The van der Waals surface area contributed by atoms with Crippen LogP contribution < -0.4 is 10.3 Å². The number of carbonyl (C=O) groups excluding carboxylic acids is 2. The smallest absolute Gasteiger partial charge is 0.295 e. The highest BCUT2D eigenvalue weighted by Crippen LogP contribution is 2.46. The summed E-state index contributed by atoms with van der Waals surface area (Å²) in [5, 5.41) is 1.22. The van der Waals surface area contributed by atoms with E-state index in [4.69, 9.17) is 4.42 Å². The summed E-state index contributed by atoms with van der Waals surface area (Å²) in [5.74, 6) is -2.17. The van der Waals surface area contributed by atoms with Crippen LogP contribution in [0, 0.1) is 0 Å². The molecule has 8 heteroatoms. The average Bonchev–Trinajstić information content (AvgIpc) is 3.61. The van der Waals surface area contributed by atoms with Crippen molar-refractivity contribution in [2.75, 3.05) is 4.90 Å². The molecule has 174 valence electrons. The summed E-state index contributed by atoms with van der Waals surface area (Å²) in [6.07, 6.45) is 4.69. The molecule has 1 aliphatic heterocycles. The van der Waals surface area contributed by atoms with Gasteiger partial charge in [-0.05, 0) is 42.0 Å². The van der Waals surface area contributed by atoms with Gasteiger partial charge in [0.25, 0.3) is 5.91 Å². The number of hydrogen-bond acceptors (Lipinski definition) is 5. The van der Waals surface area contributed by atoms with Crippen LogP contribution in [-0.4, -0.2) is 26.6 Å². The van der Waals surface area contributed by atoms with E-state index >= 15 is 0 Å². The van der Waals surface area contributed by atoms with E-state index in [-0.39, 0.29) is 11.0 Å². The fraction of sp³-hybridized carbons (Fsp3) is 0.0714. The van der Waals surface area contributed by atoms with Crippen LogP contribution in [0.5, 0.6) is 0 Å². The third-order valence-electron chi connectivity index (χ3n) is 6.97. The summed E-state index contributed by atoms with van der Waals surface area (Å²) in [4.78, 5) is 52.8. The molecule has 1 fully saturated rings. The summed E-state index contributed by atoms with van der Waals surface area (Å²) in [5.41, 5.74) is 3.84. The van der Waals surface area contributed by atoms with Crippen molar-refractivity contribution in [1.29, 1.82) is 0 Å². The van der Waals surface area contributed by atoms with Crippen LogP contribution in [0.15, 0.2) is 94.7 Å². The Bertz CT molecular complexity index is 1900. The van der Waals surface area contributed by atoms with Crippen molar-refractivity contribution >= 4 is 50.3 Å². The highest BCUT2D eigenvalue weighted by atomic mass is 16.3. The summed E-state index contributed by atoms with van der Waals surface area (Å²) in [7, 11) is 0. The molecule has 0 bridgehead atoms. The second-order valence-corrected chi connectivity index (χ2v) is 8.87. The number of H-pyrrole nitrogens is 2. The zero-order chi connectivity index (χ0) is 24.4. The van der Waals surface area contributed by atoms with E-state index in [1.165, 1.54) is 11.2 Å². The van der Waals surface area contributed by atoms with Crippen molar-refractivity contribution in [2.24, 2.45) is 0 Å². The summed E-state index contributed by atoms with van der Waals surface area (Å²) >= 11 is 0. The third kappa shape index (κ3) is 2.81. The monoisotopic (exact) mass is 474 g/mol. The number of aromatic amines is 2. The van der Waals surface area contributed by atoms with Gasteiger partial charge in [-0.2, -0.15) is 0 Å². The van der Waals surface area contributed by atoms with Crippen molar-refractivity contribution in [3.8, 4) is 0 Å². The molecule has 1 aliphatic rings. The van der Waals surface area contributed by atoms with Crippen molar-refractivity contribution < 1.29 is 14.0 Å². The first-order valence-corrected chi connectivity index (χ1v) is 11.5. The Hall–Kier alpha value is -4.98. The van der Waals surface area contributed by atoms with Crippen LogP contribution in [0.1, 0.15) is 23.1 Å². The number of nitrogens with zero attached hydrogens (tertiary/aromatic N) is 2. The van der Waals surface area contributed by atoms with E-state index in [1.807, 2.05) is 24.3 Å². The molecule has 0 radical (unpaired) electrons. The first-order valence-electron chi connectivity index (χ1n) is 11.5. The minimum atomic E-state index is -0.907. The predicted octanol–water partition coefficient (Wildman–Crippen LogP) is 4.59. The lowest BCUT2D eigenvalue weighted by Crippen LogP contribution is -2.32. The van der Waals surface area contributed by atoms with Gasteiger partial charge >= 0.3 is 0 Å². The molecule has 2 atom stereocenters. The molecule has 1 amide bonds. The molecular weight excluding hydrogens is 456 g/mol. The standard InChI is InChI=1S/C28H18N4O4/c33-26-17-6-2-4-8-23(17)36-13-19(26)25-24(18-12-29-20-7-3-1-5-16(18)20)27(34)28(35)32(25)15-9-10-21-22(11-15)31-14-30-21/h1-14,24-25,29H,(H,30,31). The molecule has 3 aromatic heterocycles. The normalized spacial score (nSPS) is 18.2. The topological polar surface area (TPSA) is 112 Å². The summed E-state index contributed by atoms with van der Waals surface area (Å²) in [6.45, 7) is 0. The van der Waals surface area contributed by atoms with Crippen LogP contribution in [0.25, 0.3) is 32.9 Å². The number of anilines is 1. The number of ketones is 1. The molecule has 0 saturated carbocycles. The Morgan fingerprint density at radius 2 is 1.64 bits per heavy atom. The largest absolute Gasteiger partial charge is 0.464 e. The zero-order valence-corrected chi connectivity index (χ0v) is 18.8. The molecule has 36 heavy (non-hydrogen) atoms. The van der Waals surface area contributed by atoms with Gasteiger partial charge in [-0.25, -0.2) is 4.98 Å². The zero-order valence-electron chi connectivity index (χ0n) is 18.8. The Morgan fingerprint density at radius 1 is 0.833 bits per heavy atom. The minimum absolute atomic E-state index is 0.243. The number of amides is 1. The number of imidazole rings is 1. The maximum absolute atomic E-state index is 13.7. The van der Waals surface area contributed by atoms with Gasteiger partial charge in [-0.1, -0.05) is 30.3 Å². The highest BCUT2D eigenvalue weighted by molar-refractivity contribution is 6.46. The molecule has 8 nitrogen and oxygen atoms in total. The molecule has 7 rings (SSSR count). The number of hydrogen-bond donors (Lipinski definition) is 2. The second-order valence-electron chi connectivity index (χ2n) is 8.87. The predicted molar refractivity (Wildman–Crippen MR) is 135 cm³/mol. The summed E-state index contributed by atoms with van der Waals surface area (Å²) in [6, 6.07) is 18.9. The van der Waals surface area contributed by atoms with Crippen LogP contribution in [0.4, 0.5) is 5.69 Å². The van der Waals surface area contributed by atoms with E-state index in [2.05, 4.69) is 15.0 Å². The molecule has 0 spiro atoms. The minimum Gasteiger partial charge on any atom is -0.464 e. The maximum Gasteiger partial charge on any atom is 0.295 e. The molecule has 3 aromatic carbocycles. The lowest BCUT2D eigenvalue weighted by atomic mass is 9.86. The number of benzene rings is 3. The molecule has 0 aliphatic carbocycles. The van der Waals surface area contributed by atoms with Crippen molar-refractivity contribution in [3.63, 3.8) is 0 Å². The quantitative estimate of drug-likeness (QED) is 0.364. The van der Waals surface area contributed by atoms with Crippen LogP contribution in [-0.2, 0) is 9.59 Å². The van der Waals surface area contributed by atoms with Crippen molar-refractivity contribution in [2.45, 2.75) is 12.0 Å². The Kier molecular flexibility index (Phi) is 4.26. The fourth-order valence-electron chi connectivity index (χ4n) is 5.30. The molecule has 1 saturated heterocycles. The van der Waals surface area contributed by atoms with E-state index in [1.54, 1.807) is 55.0 Å². The number of Topliss-reactive ketones (excluding diaryl/α,β-unsaturated/α-hetero) is 1. The maximum atomic E-state index is 13.7. The third-order valence-corrected chi connectivity index (χ3v) is 6.97. The SMILES string of the molecule is O=C1C(=O)N(c2ccc3nc[nH]c3c2)C(c2coc3ccccc3c2=O)C1c1c[nH]c2ccccc12. The van der Waals surface area contributed by atoms with Gasteiger partial charge in [-0.3, -0.25) is 19.3 Å². The van der Waals surface area contributed by atoms with Gasteiger partial charge in [0.15, 0.2) is 5.43 Å². The van der Waals surface area contributed by atoms with Crippen LogP contribution in [0.2, 0.25) is 0 Å². The second kappa shape index (κ2) is 7.51. The van der Waals surface area contributed by atoms with Gasteiger partial charge in [0.05, 0.1) is 40.3 Å². The molecule has 2 N–H and O–H groups in total. The molecule has 2 unspecified atom stereocenters. The lowest BCUT2D eigenvalue weighted by Gasteiger charge is -2.27. The highest BCUT2D eigenvalue weighted by Gasteiger charge is 2.51. The number of carbonyl (C=O) groups is 2. The Labute approximate surface area is 203 Å². The first kappa shape index (κ1) is 20.4. The first-order chi connectivity index (χ1) is 17.6. The van der Waals surface area contributed by atoms with Crippen LogP contribution >= 0.6 is 0 Å². The number of aromatic nitrogens is 3. The van der Waals surface area contributed by atoms with Gasteiger partial charge in [0, 0.05) is 22.8 Å². The molecule has 6 aromatic rings. The van der Waals surface area contributed by atoms with E-state index < -0.39 is 23.7 Å². The van der Waals surface area contributed by atoms with Gasteiger partial charge in [0.1, 0.15) is 11.8 Å². The number of para-hydroxylation sites is 2. The average molecular weight is 474 g/mol. The summed E-state index contributed by atoms with van der Waals surface area (Å²) < 4.78 is 5.83. The fourth-order valence-corrected chi connectivity index (χ4v) is 5.30. The number of nitrogens with one attached hydrogen (secondary N) is 2. The van der Waals surface area contributed by atoms with Gasteiger partial charge < -0.3 is 14.4 Å². The van der Waals surface area contributed by atoms with Crippen molar-refractivity contribution in [1.82, 2.24) is 15.0 Å². The van der Waals surface area contributed by atoms with Gasteiger partial charge in [-0.15, -0.1) is 0 Å². The van der Waals surface area contributed by atoms with Gasteiger partial charge in [0.2, 0.25) is 5.78 Å². The molecular formula is C28H18N4O4. The van der Waals surface area contributed by atoms with E-state index in [0.29, 0.717) is 27.7 Å². The number of fused-ring (bicyclic) bond motifs is 3. The molecule has 4 heterocycles. The van der Waals surface area contributed by atoms with E-state index in [9.17, 15) is 14.4 Å².